The molecule has 0 aromatic carbocycles. The summed E-state index contributed by atoms with van der Waals surface area (Å²) in [6.45, 7) is 4.42. The zero-order valence-corrected chi connectivity index (χ0v) is 10.5. The summed E-state index contributed by atoms with van der Waals surface area (Å²) in [5.74, 6) is -0.645. The van der Waals surface area contributed by atoms with Crippen LogP contribution >= 0.6 is 11.6 Å². The first-order valence-electron chi connectivity index (χ1n) is 5.85. The SMILES string of the molecule is CCCC1(C(=O)O)CCCN(CC=CCl)C1. The molecule has 1 fully saturated rings. The van der Waals surface area contributed by atoms with Crippen LogP contribution in [0.5, 0.6) is 0 Å². The van der Waals surface area contributed by atoms with Gasteiger partial charge in [-0.15, -0.1) is 0 Å². The van der Waals surface area contributed by atoms with Crippen LogP contribution in [0.1, 0.15) is 32.6 Å². The van der Waals surface area contributed by atoms with Crippen LogP contribution in [0.25, 0.3) is 0 Å². The van der Waals surface area contributed by atoms with Gasteiger partial charge in [0.15, 0.2) is 0 Å². The van der Waals surface area contributed by atoms with E-state index in [2.05, 4.69) is 4.90 Å². The Balaban J connectivity index is 2.67. The van der Waals surface area contributed by atoms with E-state index in [1.807, 2.05) is 13.0 Å². The molecule has 92 valence electrons. The predicted molar refractivity (Wildman–Crippen MR) is 65.6 cm³/mol. The van der Waals surface area contributed by atoms with Gasteiger partial charge >= 0.3 is 5.97 Å². The first-order valence-corrected chi connectivity index (χ1v) is 6.29. The maximum atomic E-state index is 11.4. The second-order valence-electron chi connectivity index (χ2n) is 4.54. The summed E-state index contributed by atoms with van der Waals surface area (Å²) < 4.78 is 0. The highest BCUT2D eigenvalue weighted by molar-refractivity contribution is 6.25. The normalized spacial score (nSPS) is 27.4. The Kier molecular flexibility index (Phi) is 5.29. The zero-order valence-electron chi connectivity index (χ0n) is 9.79. The molecule has 1 aliphatic heterocycles. The first-order chi connectivity index (χ1) is 7.64. The lowest BCUT2D eigenvalue weighted by Crippen LogP contribution is -2.47. The zero-order chi connectivity index (χ0) is 12.0. The molecule has 1 rings (SSSR count). The lowest BCUT2D eigenvalue weighted by atomic mass is 9.76. The Morgan fingerprint density at radius 1 is 1.62 bits per heavy atom. The fraction of sp³-hybridized carbons (Fsp3) is 0.750. The van der Waals surface area contributed by atoms with Gasteiger partial charge in [-0.1, -0.05) is 31.0 Å². The largest absolute Gasteiger partial charge is 0.481 e. The number of halogens is 1. The molecule has 4 heteroatoms. The molecule has 0 radical (unpaired) electrons. The molecule has 0 aliphatic carbocycles. The van der Waals surface area contributed by atoms with Crippen molar-refractivity contribution in [1.82, 2.24) is 4.90 Å². The third-order valence-corrected chi connectivity index (χ3v) is 3.47. The van der Waals surface area contributed by atoms with E-state index in [1.165, 1.54) is 5.54 Å². The van der Waals surface area contributed by atoms with Crippen molar-refractivity contribution in [1.29, 1.82) is 0 Å². The van der Waals surface area contributed by atoms with Crippen molar-refractivity contribution in [2.24, 2.45) is 5.41 Å². The Morgan fingerprint density at radius 3 is 2.94 bits per heavy atom. The highest BCUT2D eigenvalue weighted by Crippen LogP contribution is 2.34. The van der Waals surface area contributed by atoms with Crippen molar-refractivity contribution in [3.05, 3.63) is 11.6 Å². The number of hydrogen-bond acceptors (Lipinski definition) is 2. The van der Waals surface area contributed by atoms with Gasteiger partial charge in [0.1, 0.15) is 0 Å². The van der Waals surface area contributed by atoms with Gasteiger partial charge in [-0.25, -0.2) is 0 Å². The van der Waals surface area contributed by atoms with Crippen LogP contribution in [0.4, 0.5) is 0 Å². The average Bonchev–Trinajstić information content (AvgIpc) is 2.27. The second kappa shape index (κ2) is 6.26. The lowest BCUT2D eigenvalue weighted by molar-refractivity contribution is -0.153. The molecule has 16 heavy (non-hydrogen) atoms. The minimum Gasteiger partial charge on any atom is -0.481 e. The van der Waals surface area contributed by atoms with E-state index in [9.17, 15) is 9.90 Å². The van der Waals surface area contributed by atoms with Crippen LogP contribution < -0.4 is 0 Å². The molecule has 0 amide bonds. The van der Waals surface area contributed by atoms with E-state index in [1.54, 1.807) is 0 Å². The van der Waals surface area contributed by atoms with Crippen LogP contribution in [0.15, 0.2) is 11.6 Å². The van der Waals surface area contributed by atoms with Crippen LogP contribution in [-0.4, -0.2) is 35.6 Å². The number of nitrogens with zero attached hydrogens (tertiary/aromatic N) is 1. The highest BCUT2D eigenvalue weighted by Gasteiger charge is 2.41. The summed E-state index contributed by atoms with van der Waals surface area (Å²) in [6, 6.07) is 0. The summed E-state index contributed by atoms with van der Waals surface area (Å²) in [5.41, 5.74) is 0.962. The average molecular weight is 246 g/mol. The van der Waals surface area contributed by atoms with Crippen molar-refractivity contribution in [3.63, 3.8) is 0 Å². The summed E-state index contributed by atoms with van der Waals surface area (Å²) in [4.78, 5) is 13.6. The number of hydrogen-bond donors (Lipinski definition) is 1. The molecule has 1 aliphatic rings. The van der Waals surface area contributed by atoms with Gasteiger partial charge in [-0.3, -0.25) is 9.69 Å². The second-order valence-corrected chi connectivity index (χ2v) is 4.79. The molecule has 0 bridgehead atoms. The van der Waals surface area contributed by atoms with E-state index in [-0.39, 0.29) is 0 Å². The number of carboxylic acids is 1. The third-order valence-electron chi connectivity index (χ3n) is 3.29. The van der Waals surface area contributed by atoms with E-state index in [4.69, 9.17) is 11.6 Å². The maximum absolute atomic E-state index is 11.4. The smallest absolute Gasteiger partial charge is 0.310 e. The van der Waals surface area contributed by atoms with Gasteiger partial charge in [0.05, 0.1) is 5.41 Å². The van der Waals surface area contributed by atoms with Crippen molar-refractivity contribution in [2.45, 2.75) is 32.6 Å². The number of carboxylic acid groups (broad SMARTS) is 1. The minimum absolute atomic E-state index is 0.535. The fourth-order valence-corrected chi connectivity index (χ4v) is 2.62. The number of aliphatic carboxylic acids is 1. The topological polar surface area (TPSA) is 40.5 Å². The Labute approximate surface area is 102 Å². The number of piperidine rings is 1. The summed E-state index contributed by atoms with van der Waals surface area (Å²) in [5, 5.41) is 9.39. The number of rotatable bonds is 5. The molecule has 1 heterocycles. The van der Waals surface area contributed by atoms with Crippen LogP contribution in [0, 0.1) is 5.41 Å². The standard InChI is InChI=1S/C12H20ClNO2/c1-2-5-12(11(15)16)6-3-8-14(10-12)9-4-7-13/h4,7H,2-3,5-6,8-10H2,1H3,(H,15,16). The minimum atomic E-state index is -0.645. The van der Waals surface area contributed by atoms with Gasteiger partial charge in [-0.2, -0.15) is 0 Å². The third kappa shape index (κ3) is 3.22. The Morgan fingerprint density at radius 2 is 2.38 bits per heavy atom. The molecule has 1 saturated heterocycles. The number of likely N-dealkylation sites (tertiary alicyclic amines) is 1. The summed E-state index contributed by atoms with van der Waals surface area (Å²) in [7, 11) is 0. The lowest BCUT2D eigenvalue weighted by Gasteiger charge is -2.39. The maximum Gasteiger partial charge on any atom is 0.310 e. The highest BCUT2D eigenvalue weighted by atomic mass is 35.5. The Hall–Kier alpha value is -0.540. The molecule has 0 spiro atoms. The van der Waals surface area contributed by atoms with Crippen molar-refractivity contribution < 1.29 is 9.90 Å². The van der Waals surface area contributed by atoms with Gasteiger partial charge < -0.3 is 5.11 Å². The van der Waals surface area contributed by atoms with Gasteiger partial charge in [0, 0.05) is 18.6 Å². The van der Waals surface area contributed by atoms with Crippen molar-refractivity contribution in [2.75, 3.05) is 19.6 Å². The molecular weight excluding hydrogens is 226 g/mol. The first kappa shape index (κ1) is 13.5. The molecule has 1 N–H and O–H groups in total. The molecule has 0 aromatic heterocycles. The molecule has 1 atom stereocenters. The van der Waals surface area contributed by atoms with E-state index < -0.39 is 11.4 Å². The molecule has 0 aromatic rings. The van der Waals surface area contributed by atoms with Gasteiger partial charge in [0.2, 0.25) is 0 Å². The quantitative estimate of drug-likeness (QED) is 0.810. The Bertz CT molecular complexity index is 264. The van der Waals surface area contributed by atoms with Gasteiger partial charge in [0.25, 0.3) is 0 Å². The van der Waals surface area contributed by atoms with E-state index >= 15 is 0 Å². The summed E-state index contributed by atoms with van der Waals surface area (Å²) >= 11 is 5.49. The van der Waals surface area contributed by atoms with E-state index in [0.717, 1.165) is 38.8 Å². The molecule has 0 saturated carbocycles. The molecule has 1 unspecified atom stereocenters. The predicted octanol–water partition coefficient (Wildman–Crippen LogP) is 2.71. The van der Waals surface area contributed by atoms with E-state index in [0.29, 0.717) is 6.54 Å². The van der Waals surface area contributed by atoms with Crippen LogP contribution in [0.2, 0.25) is 0 Å². The van der Waals surface area contributed by atoms with Gasteiger partial charge in [-0.05, 0) is 25.8 Å². The molecular formula is C12H20ClNO2. The molecule has 3 nitrogen and oxygen atoms in total. The fourth-order valence-electron chi connectivity index (χ4n) is 2.54. The monoisotopic (exact) mass is 245 g/mol. The summed E-state index contributed by atoms with van der Waals surface area (Å²) in [6.07, 6.45) is 5.32. The van der Waals surface area contributed by atoms with Crippen LogP contribution in [-0.2, 0) is 4.79 Å². The van der Waals surface area contributed by atoms with Crippen LogP contribution in [0.3, 0.4) is 0 Å². The van der Waals surface area contributed by atoms with Crippen molar-refractivity contribution in [3.8, 4) is 0 Å². The van der Waals surface area contributed by atoms with Crippen molar-refractivity contribution >= 4 is 17.6 Å². The number of carbonyl (C=O) groups is 1.